The van der Waals surface area contributed by atoms with Gasteiger partial charge in [-0.1, -0.05) is 66.2 Å². The summed E-state index contributed by atoms with van der Waals surface area (Å²) in [5.74, 6) is -0.202. The second kappa shape index (κ2) is 15.5. The zero-order valence-electron chi connectivity index (χ0n) is 23.1. The van der Waals surface area contributed by atoms with Crippen molar-refractivity contribution in [1.82, 2.24) is 10.3 Å². The van der Waals surface area contributed by atoms with Gasteiger partial charge in [-0.25, -0.2) is 4.98 Å². The summed E-state index contributed by atoms with van der Waals surface area (Å²) < 4.78 is 5.76. The van der Waals surface area contributed by atoms with Crippen molar-refractivity contribution < 1.29 is 38.3 Å². The molecule has 1 amide bonds. The van der Waals surface area contributed by atoms with Crippen LogP contribution in [0.5, 0.6) is 11.6 Å². The molecule has 0 fully saturated rings. The largest absolute Gasteiger partial charge is 1.00 e. The fraction of sp³-hybridized carbons (Fsp3) is 0.156. The molecule has 6 nitrogen and oxygen atoms in total. The van der Waals surface area contributed by atoms with Gasteiger partial charge in [0.15, 0.2) is 0 Å². The van der Waals surface area contributed by atoms with E-state index in [1.165, 1.54) is 11.8 Å². The van der Waals surface area contributed by atoms with E-state index >= 15 is 0 Å². The molecule has 0 saturated heterocycles. The summed E-state index contributed by atoms with van der Waals surface area (Å²) in [6, 6.07) is 23.0. The Hall–Kier alpha value is -3.47. The van der Waals surface area contributed by atoms with Crippen LogP contribution >= 0.6 is 23.4 Å². The SMILES string of the molecule is CSCC[C@H](NC(=O)c1ccc(/C=C/c2ccc(Oc3ccccc3Cl)nc2)cc1-c1ccccc1C)C(=O)[O-].[Li+]. The quantitative estimate of drug-likeness (QED) is 0.275. The van der Waals surface area contributed by atoms with E-state index in [0.717, 1.165) is 22.3 Å². The van der Waals surface area contributed by atoms with Gasteiger partial charge in [0, 0.05) is 17.8 Å². The molecular formula is C32H28ClLiN2O4S. The number of halogens is 1. The first-order chi connectivity index (χ1) is 19.4. The third-order valence-corrected chi connectivity index (χ3v) is 7.16. The van der Waals surface area contributed by atoms with E-state index < -0.39 is 17.9 Å². The minimum Gasteiger partial charge on any atom is -0.548 e. The monoisotopic (exact) mass is 578 g/mol. The van der Waals surface area contributed by atoms with Crippen molar-refractivity contribution in [1.29, 1.82) is 0 Å². The maximum atomic E-state index is 13.2. The van der Waals surface area contributed by atoms with E-state index in [4.69, 9.17) is 16.3 Å². The number of carbonyl (C=O) groups excluding carboxylic acids is 2. The molecule has 0 radical (unpaired) electrons. The summed E-state index contributed by atoms with van der Waals surface area (Å²) in [5.41, 5.74) is 4.71. The fourth-order valence-electron chi connectivity index (χ4n) is 4.07. The van der Waals surface area contributed by atoms with Crippen molar-refractivity contribution in [2.75, 3.05) is 12.0 Å². The summed E-state index contributed by atoms with van der Waals surface area (Å²) >= 11 is 7.67. The number of benzene rings is 3. The molecule has 0 unspecified atom stereocenters. The number of para-hydroxylation sites is 1. The van der Waals surface area contributed by atoms with E-state index in [0.29, 0.717) is 33.5 Å². The van der Waals surface area contributed by atoms with Crippen molar-refractivity contribution in [3.8, 4) is 22.8 Å². The average Bonchev–Trinajstić information content (AvgIpc) is 2.96. The Morgan fingerprint density at radius 1 is 1.00 bits per heavy atom. The molecule has 41 heavy (non-hydrogen) atoms. The summed E-state index contributed by atoms with van der Waals surface area (Å²) in [6.07, 6.45) is 7.71. The molecule has 0 bridgehead atoms. The van der Waals surface area contributed by atoms with Gasteiger partial charge in [0.05, 0.1) is 17.0 Å². The van der Waals surface area contributed by atoms with E-state index in [-0.39, 0.29) is 25.3 Å². The number of aryl methyl sites for hydroxylation is 1. The van der Waals surface area contributed by atoms with Gasteiger partial charge in [0.1, 0.15) is 5.75 Å². The number of aliphatic carboxylic acids is 1. The number of pyridine rings is 1. The molecule has 1 atom stereocenters. The number of nitrogens with one attached hydrogen (secondary N) is 1. The molecule has 1 aromatic heterocycles. The van der Waals surface area contributed by atoms with Gasteiger partial charge in [-0.3, -0.25) is 4.79 Å². The Balaban J connectivity index is 0.00000462. The Morgan fingerprint density at radius 2 is 1.71 bits per heavy atom. The molecule has 4 rings (SSSR count). The van der Waals surface area contributed by atoms with Gasteiger partial charge < -0.3 is 20.0 Å². The molecule has 0 aliphatic carbocycles. The van der Waals surface area contributed by atoms with Crippen LogP contribution in [0.4, 0.5) is 0 Å². The van der Waals surface area contributed by atoms with E-state index in [1.54, 1.807) is 30.5 Å². The summed E-state index contributed by atoms with van der Waals surface area (Å²) in [5, 5.41) is 14.8. The van der Waals surface area contributed by atoms with Crippen molar-refractivity contribution in [2.45, 2.75) is 19.4 Å². The predicted molar refractivity (Wildman–Crippen MR) is 161 cm³/mol. The fourth-order valence-corrected chi connectivity index (χ4v) is 4.71. The predicted octanol–water partition coefficient (Wildman–Crippen LogP) is 3.28. The zero-order valence-corrected chi connectivity index (χ0v) is 24.7. The number of carboxylic acids is 1. The molecule has 0 spiro atoms. The number of rotatable bonds is 11. The van der Waals surface area contributed by atoms with Crippen LogP contribution in [0, 0.1) is 6.92 Å². The van der Waals surface area contributed by atoms with E-state index in [1.807, 2.05) is 79.9 Å². The van der Waals surface area contributed by atoms with Crippen LogP contribution in [0.1, 0.15) is 33.5 Å². The number of nitrogens with zero attached hydrogens (tertiary/aromatic N) is 1. The van der Waals surface area contributed by atoms with Crippen LogP contribution in [0.2, 0.25) is 5.02 Å². The first kappa shape index (κ1) is 32.0. The second-order valence-electron chi connectivity index (χ2n) is 9.04. The van der Waals surface area contributed by atoms with Gasteiger partial charge in [0.2, 0.25) is 5.88 Å². The Morgan fingerprint density at radius 3 is 2.39 bits per heavy atom. The number of amides is 1. The topological polar surface area (TPSA) is 91.3 Å². The molecule has 0 aliphatic rings. The first-order valence-electron chi connectivity index (χ1n) is 12.6. The number of aromatic nitrogens is 1. The van der Waals surface area contributed by atoms with Crippen LogP contribution < -0.4 is 34.0 Å². The third-order valence-electron chi connectivity index (χ3n) is 6.20. The summed E-state index contributed by atoms with van der Waals surface area (Å²) in [7, 11) is 0. The first-order valence-corrected chi connectivity index (χ1v) is 14.4. The Kier molecular flexibility index (Phi) is 12.1. The van der Waals surface area contributed by atoms with E-state index in [9.17, 15) is 14.7 Å². The number of carbonyl (C=O) groups is 2. The second-order valence-corrected chi connectivity index (χ2v) is 10.4. The number of thioether (sulfide) groups is 1. The van der Waals surface area contributed by atoms with E-state index in [2.05, 4.69) is 10.3 Å². The van der Waals surface area contributed by atoms with Crippen LogP contribution in [-0.2, 0) is 4.79 Å². The molecule has 3 aromatic carbocycles. The minimum atomic E-state index is -1.30. The Labute approximate surface area is 261 Å². The van der Waals surface area contributed by atoms with Gasteiger partial charge in [-0.15, -0.1) is 0 Å². The van der Waals surface area contributed by atoms with Crippen molar-refractivity contribution in [3.05, 3.63) is 112 Å². The smallest absolute Gasteiger partial charge is 0.548 e. The molecule has 204 valence electrons. The van der Waals surface area contributed by atoms with Crippen LogP contribution in [-0.4, -0.2) is 34.9 Å². The van der Waals surface area contributed by atoms with Crippen LogP contribution in [0.25, 0.3) is 23.3 Å². The van der Waals surface area contributed by atoms with Gasteiger partial charge in [0.25, 0.3) is 5.91 Å². The standard InChI is InChI=1S/C32H29ClN2O4S.Li/c1-21-7-3-4-8-24(21)26-19-22(13-15-25(26)31(36)35-28(32(37)38)17-18-40-2)11-12-23-14-16-30(34-20-23)39-29-10-6-5-9-27(29)33;/h3-16,19-20,28H,17-18H2,1-2H3,(H,35,36)(H,37,38);/q;+1/p-1/b12-11+;/t28-;/m0./s1. The van der Waals surface area contributed by atoms with Crippen molar-refractivity contribution in [3.63, 3.8) is 0 Å². The maximum absolute atomic E-state index is 13.2. The van der Waals surface area contributed by atoms with Gasteiger partial charge >= 0.3 is 18.9 Å². The number of hydrogen-bond acceptors (Lipinski definition) is 6. The molecule has 4 aromatic rings. The molecular weight excluding hydrogens is 551 g/mol. The Bertz CT molecular complexity index is 1530. The number of ether oxygens (including phenoxy) is 1. The number of hydrogen-bond donors (Lipinski definition) is 1. The summed E-state index contributed by atoms with van der Waals surface area (Å²) in [4.78, 5) is 29.2. The van der Waals surface area contributed by atoms with Crippen molar-refractivity contribution >= 4 is 47.4 Å². The molecule has 1 heterocycles. The van der Waals surface area contributed by atoms with Crippen LogP contribution in [0.3, 0.4) is 0 Å². The maximum Gasteiger partial charge on any atom is 1.00 e. The molecule has 1 N–H and O–H groups in total. The third kappa shape index (κ3) is 8.75. The molecule has 9 heteroatoms. The molecule has 0 aliphatic heterocycles. The number of carboxylic acid groups (broad SMARTS) is 1. The zero-order chi connectivity index (χ0) is 28.5. The summed E-state index contributed by atoms with van der Waals surface area (Å²) in [6.45, 7) is 1.97. The average molecular weight is 579 g/mol. The minimum absolute atomic E-state index is 0. The van der Waals surface area contributed by atoms with Gasteiger partial charge in [-0.05, 0) is 83.5 Å². The van der Waals surface area contributed by atoms with Crippen LogP contribution in [0.15, 0.2) is 85.1 Å². The van der Waals surface area contributed by atoms with Crippen molar-refractivity contribution in [2.24, 2.45) is 0 Å². The van der Waals surface area contributed by atoms with Gasteiger partial charge in [-0.2, -0.15) is 11.8 Å². The normalized spacial score (nSPS) is 11.5. The molecule has 0 saturated carbocycles.